The van der Waals surface area contributed by atoms with Crippen LogP contribution in [0.2, 0.25) is 0 Å². The van der Waals surface area contributed by atoms with Gasteiger partial charge in [-0.3, -0.25) is 0 Å². The lowest BCUT2D eigenvalue weighted by Crippen LogP contribution is -2.08. The molecular formula is C15H11FN2O2. The Hall–Kier alpha value is -2.69. The Bertz CT molecular complexity index is 778. The van der Waals surface area contributed by atoms with Crippen molar-refractivity contribution in [3.63, 3.8) is 0 Å². The minimum atomic E-state index is -0.528. The third kappa shape index (κ3) is 2.25. The fourth-order valence-corrected chi connectivity index (χ4v) is 1.93. The largest absolute Gasteiger partial charge is 0.423 e. The van der Waals surface area contributed by atoms with Crippen molar-refractivity contribution >= 4 is 17.0 Å². The zero-order valence-electron chi connectivity index (χ0n) is 10.7. The lowest BCUT2D eigenvalue weighted by Gasteiger charge is -2.04. The second-order valence-corrected chi connectivity index (χ2v) is 4.40. The Labute approximate surface area is 114 Å². The minimum absolute atomic E-state index is 0.299. The summed E-state index contributed by atoms with van der Waals surface area (Å²) in [4.78, 5) is 16.1. The molecule has 3 aromatic rings. The number of rotatable bonds is 2. The average molecular weight is 270 g/mol. The van der Waals surface area contributed by atoms with Crippen LogP contribution in [0.4, 0.5) is 4.39 Å². The maximum atomic E-state index is 12.8. The molecule has 0 spiro atoms. The molecule has 3 rings (SSSR count). The maximum Gasteiger partial charge on any atom is 0.343 e. The van der Waals surface area contributed by atoms with Crippen molar-refractivity contribution in [3.05, 3.63) is 60.2 Å². The molecule has 0 aliphatic carbocycles. The van der Waals surface area contributed by atoms with Crippen molar-refractivity contribution < 1.29 is 13.9 Å². The first-order valence-electron chi connectivity index (χ1n) is 6.02. The molecule has 1 heterocycles. The quantitative estimate of drug-likeness (QED) is 0.531. The molecule has 0 atom stereocenters. The van der Waals surface area contributed by atoms with E-state index in [-0.39, 0.29) is 0 Å². The van der Waals surface area contributed by atoms with Gasteiger partial charge >= 0.3 is 5.97 Å². The summed E-state index contributed by atoms with van der Waals surface area (Å²) in [5.74, 6) is -0.512. The summed E-state index contributed by atoms with van der Waals surface area (Å²) in [7, 11) is 1.89. The van der Waals surface area contributed by atoms with Crippen LogP contribution in [-0.4, -0.2) is 15.5 Å². The predicted molar refractivity (Wildman–Crippen MR) is 72.1 cm³/mol. The van der Waals surface area contributed by atoms with E-state index in [2.05, 4.69) is 4.98 Å². The Morgan fingerprint density at radius 3 is 2.70 bits per heavy atom. The van der Waals surface area contributed by atoms with Gasteiger partial charge in [0.2, 0.25) is 0 Å². The van der Waals surface area contributed by atoms with E-state index < -0.39 is 11.8 Å². The standard InChI is InChI=1S/C15H11FN2O2/c1-18-9-17-13-8-12(6-7-14(13)18)20-15(19)10-2-4-11(16)5-3-10/h2-9H,1H3. The first kappa shape index (κ1) is 12.3. The van der Waals surface area contributed by atoms with Crippen LogP contribution in [0.5, 0.6) is 5.75 Å². The van der Waals surface area contributed by atoms with Gasteiger partial charge in [-0.2, -0.15) is 0 Å². The van der Waals surface area contributed by atoms with E-state index in [0.29, 0.717) is 11.3 Å². The number of ether oxygens (including phenoxy) is 1. The number of imidazole rings is 1. The molecule has 0 bridgehead atoms. The number of hydrogen-bond acceptors (Lipinski definition) is 3. The molecule has 0 aliphatic heterocycles. The zero-order valence-corrected chi connectivity index (χ0v) is 10.7. The first-order valence-corrected chi connectivity index (χ1v) is 6.02. The van der Waals surface area contributed by atoms with Crippen LogP contribution < -0.4 is 4.74 Å². The molecule has 5 heteroatoms. The van der Waals surface area contributed by atoms with Crippen LogP contribution in [0.3, 0.4) is 0 Å². The maximum absolute atomic E-state index is 12.8. The summed E-state index contributed by atoms with van der Waals surface area (Å²) < 4.78 is 19.9. The number of aryl methyl sites for hydroxylation is 1. The molecule has 4 nitrogen and oxygen atoms in total. The third-order valence-electron chi connectivity index (χ3n) is 2.99. The Balaban J connectivity index is 1.85. The molecule has 100 valence electrons. The number of esters is 1. The molecule has 0 saturated carbocycles. The van der Waals surface area contributed by atoms with Crippen LogP contribution in [0.1, 0.15) is 10.4 Å². The molecule has 20 heavy (non-hydrogen) atoms. The van der Waals surface area contributed by atoms with Crippen LogP contribution in [0.15, 0.2) is 48.8 Å². The molecule has 0 aliphatic rings. The predicted octanol–water partition coefficient (Wildman–Crippen LogP) is 2.93. The molecule has 2 aromatic carbocycles. The highest BCUT2D eigenvalue weighted by Crippen LogP contribution is 2.20. The van der Waals surface area contributed by atoms with Gasteiger partial charge in [-0.05, 0) is 36.4 Å². The summed E-state index contributed by atoms with van der Waals surface area (Å²) >= 11 is 0. The van der Waals surface area contributed by atoms with E-state index in [0.717, 1.165) is 11.0 Å². The van der Waals surface area contributed by atoms with E-state index in [4.69, 9.17) is 4.74 Å². The summed E-state index contributed by atoms with van der Waals surface area (Å²) in [6.45, 7) is 0. The summed E-state index contributed by atoms with van der Waals surface area (Å²) in [6.07, 6.45) is 1.69. The molecule has 1 aromatic heterocycles. The highest BCUT2D eigenvalue weighted by atomic mass is 19.1. The lowest BCUT2D eigenvalue weighted by atomic mass is 10.2. The van der Waals surface area contributed by atoms with Gasteiger partial charge in [0.15, 0.2) is 0 Å². The molecule has 0 saturated heterocycles. The van der Waals surface area contributed by atoms with E-state index in [9.17, 15) is 9.18 Å². The number of aromatic nitrogens is 2. The van der Waals surface area contributed by atoms with Crippen molar-refractivity contribution in [2.24, 2.45) is 7.05 Å². The third-order valence-corrected chi connectivity index (χ3v) is 2.99. The highest BCUT2D eigenvalue weighted by molar-refractivity contribution is 5.91. The minimum Gasteiger partial charge on any atom is -0.423 e. The van der Waals surface area contributed by atoms with Crippen molar-refractivity contribution in [3.8, 4) is 5.75 Å². The molecule has 0 N–H and O–H groups in total. The molecule has 0 radical (unpaired) electrons. The zero-order chi connectivity index (χ0) is 14.1. The molecule has 0 amide bonds. The van der Waals surface area contributed by atoms with E-state index in [1.54, 1.807) is 18.5 Å². The normalized spacial score (nSPS) is 10.7. The second-order valence-electron chi connectivity index (χ2n) is 4.40. The van der Waals surface area contributed by atoms with Gasteiger partial charge in [-0.15, -0.1) is 0 Å². The SMILES string of the molecule is Cn1cnc2cc(OC(=O)c3ccc(F)cc3)ccc21. The average Bonchev–Trinajstić information content (AvgIpc) is 2.81. The van der Waals surface area contributed by atoms with Gasteiger partial charge in [0.25, 0.3) is 0 Å². The fraction of sp³-hybridized carbons (Fsp3) is 0.0667. The number of fused-ring (bicyclic) bond motifs is 1. The molecule has 0 fully saturated rings. The summed E-state index contributed by atoms with van der Waals surface area (Å²) in [6, 6.07) is 10.4. The Kier molecular flexibility index (Phi) is 2.95. The van der Waals surface area contributed by atoms with Crippen molar-refractivity contribution in [2.45, 2.75) is 0 Å². The fourth-order valence-electron chi connectivity index (χ4n) is 1.93. The van der Waals surface area contributed by atoms with Gasteiger partial charge in [0, 0.05) is 13.1 Å². The van der Waals surface area contributed by atoms with Crippen LogP contribution in [0.25, 0.3) is 11.0 Å². The number of carbonyl (C=O) groups is 1. The van der Waals surface area contributed by atoms with Gasteiger partial charge in [-0.1, -0.05) is 0 Å². The highest BCUT2D eigenvalue weighted by Gasteiger charge is 2.10. The molecular weight excluding hydrogens is 259 g/mol. The number of halogens is 1. The van der Waals surface area contributed by atoms with Crippen LogP contribution in [-0.2, 0) is 7.05 Å². The monoisotopic (exact) mass is 270 g/mol. The van der Waals surface area contributed by atoms with Crippen LogP contribution in [0, 0.1) is 5.82 Å². The van der Waals surface area contributed by atoms with E-state index in [1.165, 1.54) is 24.3 Å². The van der Waals surface area contributed by atoms with Gasteiger partial charge in [-0.25, -0.2) is 14.2 Å². The summed E-state index contributed by atoms with van der Waals surface area (Å²) in [5, 5.41) is 0. The van der Waals surface area contributed by atoms with Crippen molar-refractivity contribution in [2.75, 3.05) is 0 Å². The van der Waals surface area contributed by atoms with Crippen molar-refractivity contribution in [1.29, 1.82) is 0 Å². The Morgan fingerprint density at radius 1 is 1.20 bits per heavy atom. The number of carbonyl (C=O) groups excluding carboxylic acids is 1. The number of nitrogens with zero attached hydrogens (tertiary/aromatic N) is 2. The van der Waals surface area contributed by atoms with E-state index >= 15 is 0 Å². The second kappa shape index (κ2) is 4.77. The smallest absolute Gasteiger partial charge is 0.343 e. The summed E-state index contributed by atoms with van der Waals surface area (Å²) in [5.41, 5.74) is 2.00. The molecule has 0 unspecified atom stereocenters. The number of hydrogen-bond donors (Lipinski definition) is 0. The van der Waals surface area contributed by atoms with Gasteiger partial charge in [0.1, 0.15) is 11.6 Å². The van der Waals surface area contributed by atoms with Gasteiger partial charge in [0.05, 0.1) is 22.9 Å². The topological polar surface area (TPSA) is 44.1 Å². The van der Waals surface area contributed by atoms with Crippen LogP contribution >= 0.6 is 0 Å². The number of benzene rings is 2. The van der Waals surface area contributed by atoms with E-state index in [1.807, 2.05) is 17.7 Å². The first-order chi connectivity index (χ1) is 9.63. The Morgan fingerprint density at radius 2 is 1.95 bits per heavy atom. The lowest BCUT2D eigenvalue weighted by molar-refractivity contribution is 0.0735. The van der Waals surface area contributed by atoms with Crippen molar-refractivity contribution in [1.82, 2.24) is 9.55 Å². The van der Waals surface area contributed by atoms with Gasteiger partial charge < -0.3 is 9.30 Å².